The molecule has 11 heteroatoms. The van der Waals surface area contributed by atoms with Gasteiger partial charge in [-0.25, -0.2) is 23.6 Å². The first-order chi connectivity index (χ1) is 13.0. The average Bonchev–Trinajstić information content (AvgIpc) is 3.23. The second-order valence-corrected chi connectivity index (χ2v) is 6.88. The molecule has 0 bridgehead atoms. The highest BCUT2D eigenvalue weighted by molar-refractivity contribution is 9.10. The Labute approximate surface area is 165 Å². The van der Waals surface area contributed by atoms with Crippen LogP contribution in [0.15, 0.2) is 47.5 Å². The molecule has 1 amide bonds. The number of hydrogen-bond donors (Lipinski definition) is 1. The highest BCUT2D eigenvalue weighted by atomic mass is 79.9. The molecule has 8 nitrogen and oxygen atoms in total. The Morgan fingerprint density at radius 3 is 2.93 bits per heavy atom. The van der Waals surface area contributed by atoms with Gasteiger partial charge in [0.2, 0.25) is 5.95 Å². The minimum Gasteiger partial charge on any atom is -0.288 e. The molecule has 136 valence electrons. The fraction of sp³-hybridized carbons (Fsp3) is 0.0625. The molecule has 0 aliphatic carbocycles. The number of nitrogens with one attached hydrogen (secondary N) is 1. The van der Waals surface area contributed by atoms with Crippen molar-refractivity contribution in [3.05, 3.63) is 69.6 Å². The largest absolute Gasteiger partial charge is 0.288 e. The quantitative estimate of drug-likeness (QED) is 0.516. The van der Waals surface area contributed by atoms with Gasteiger partial charge < -0.3 is 0 Å². The van der Waals surface area contributed by atoms with Crippen LogP contribution < -0.4 is 5.32 Å². The van der Waals surface area contributed by atoms with Crippen LogP contribution in [-0.4, -0.2) is 35.3 Å². The van der Waals surface area contributed by atoms with Gasteiger partial charge >= 0.3 is 0 Å². The smallest absolute Gasteiger partial charge is 0.278 e. The lowest BCUT2D eigenvalue weighted by molar-refractivity contribution is 0.102. The summed E-state index contributed by atoms with van der Waals surface area (Å²) >= 11 is 9.30. The molecule has 0 radical (unpaired) electrons. The van der Waals surface area contributed by atoms with Gasteiger partial charge in [0.25, 0.3) is 5.91 Å². The molecule has 0 atom stereocenters. The van der Waals surface area contributed by atoms with E-state index in [0.717, 1.165) is 4.47 Å². The van der Waals surface area contributed by atoms with E-state index in [1.807, 2.05) is 0 Å². The van der Waals surface area contributed by atoms with Gasteiger partial charge in [0.15, 0.2) is 11.3 Å². The van der Waals surface area contributed by atoms with Crippen LogP contribution in [0.2, 0.25) is 5.02 Å². The number of carbonyl (C=O) groups excluding carboxylic acids is 1. The molecule has 4 rings (SSSR count). The Bertz CT molecular complexity index is 1160. The maximum Gasteiger partial charge on any atom is 0.278 e. The van der Waals surface area contributed by atoms with Crippen LogP contribution in [0.4, 0.5) is 10.3 Å². The van der Waals surface area contributed by atoms with Crippen molar-refractivity contribution in [1.29, 1.82) is 0 Å². The minimum absolute atomic E-state index is 0.115. The Hall–Kier alpha value is -2.85. The van der Waals surface area contributed by atoms with E-state index in [2.05, 4.69) is 41.4 Å². The van der Waals surface area contributed by atoms with Crippen LogP contribution in [0.3, 0.4) is 0 Å². The van der Waals surface area contributed by atoms with Crippen LogP contribution in [0, 0.1) is 5.82 Å². The van der Waals surface area contributed by atoms with E-state index < -0.39 is 11.7 Å². The molecule has 0 aliphatic heterocycles. The summed E-state index contributed by atoms with van der Waals surface area (Å²) in [4.78, 5) is 20.5. The lowest BCUT2D eigenvalue weighted by Gasteiger charge is -2.03. The summed E-state index contributed by atoms with van der Waals surface area (Å²) in [5.41, 5.74) is 1.39. The number of halogens is 3. The Kier molecular flexibility index (Phi) is 4.58. The van der Waals surface area contributed by atoms with E-state index in [9.17, 15) is 9.18 Å². The minimum atomic E-state index is -0.464. The van der Waals surface area contributed by atoms with Crippen molar-refractivity contribution < 1.29 is 9.18 Å². The van der Waals surface area contributed by atoms with E-state index in [1.54, 1.807) is 24.5 Å². The molecule has 0 saturated carbocycles. The predicted octanol–water partition coefficient (Wildman–Crippen LogP) is 3.18. The van der Waals surface area contributed by atoms with Crippen molar-refractivity contribution in [2.24, 2.45) is 0 Å². The van der Waals surface area contributed by atoms with Gasteiger partial charge in [-0.3, -0.25) is 10.1 Å². The topological polar surface area (TPSA) is 90.0 Å². The molecule has 1 aromatic carbocycles. The van der Waals surface area contributed by atoms with Gasteiger partial charge in [-0.1, -0.05) is 17.7 Å². The van der Waals surface area contributed by atoms with Crippen molar-refractivity contribution in [3.8, 4) is 0 Å². The Balaban J connectivity index is 1.48. The van der Waals surface area contributed by atoms with E-state index in [1.165, 1.54) is 27.7 Å². The first-order valence-corrected chi connectivity index (χ1v) is 8.81. The van der Waals surface area contributed by atoms with E-state index >= 15 is 0 Å². The highest BCUT2D eigenvalue weighted by Gasteiger charge is 2.14. The van der Waals surface area contributed by atoms with Gasteiger partial charge in [-0.2, -0.15) is 5.10 Å². The summed E-state index contributed by atoms with van der Waals surface area (Å²) in [6.45, 7) is 0.286. The molecular weight excluding hydrogens is 441 g/mol. The monoisotopic (exact) mass is 449 g/mol. The zero-order chi connectivity index (χ0) is 19.0. The summed E-state index contributed by atoms with van der Waals surface area (Å²) in [6, 6.07) is 5.67. The van der Waals surface area contributed by atoms with Gasteiger partial charge in [-0.05, 0) is 33.6 Å². The molecule has 0 spiro atoms. The van der Waals surface area contributed by atoms with Crippen molar-refractivity contribution in [2.45, 2.75) is 6.54 Å². The number of amides is 1. The van der Waals surface area contributed by atoms with E-state index in [4.69, 9.17) is 11.6 Å². The van der Waals surface area contributed by atoms with Crippen molar-refractivity contribution in [1.82, 2.24) is 29.4 Å². The number of anilines is 1. The Morgan fingerprint density at radius 1 is 1.26 bits per heavy atom. The first-order valence-electron chi connectivity index (χ1n) is 7.63. The second kappa shape index (κ2) is 7.05. The summed E-state index contributed by atoms with van der Waals surface area (Å²) in [6.07, 6.45) is 4.75. The number of benzene rings is 1. The Morgan fingerprint density at radius 2 is 2.11 bits per heavy atom. The maximum atomic E-state index is 13.1. The van der Waals surface area contributed by atoms with Crippen molar-refractivity contribution in [2.75, 3.05) is 5.32 Å². The number of carbonyl (C=O) groups is 1. The number of fused-ring (bicyclic) bond motifs is 1. The lowest BCUT2D eigenvalue weighted by Crippen LogP contribution is -2.14. The molecule has 3 aromatic heterocycles. The fourth-order valence-electron chi connectivity index (χ4n) is 2.38. The molecule has 3 heterocycles. The van der Waals surface area contributed by atoms with Crippen molar-refractivity contribution in [3.63, 3.8) is 0 Å². The molecule has 0 saturated heterocycles. The standard InChI is InChI=1S/C16H10BrClFN7O/c17-10-5-20-14-4-13(23-26(14)7-10)15(27)22-16-21-8-25(24-16)6-9-1-2-11(19)3-12(9)18/h1-5,7-8H,6H2,(H,22,24,27). The number of hydrogen-bond acceptors (Lipinski definition) is 5. The molecule has 1 N–H and O–H groups in total. The second-order valence-electron chi connectivity index (χ2n) is 5.56. The molecule has 0 aliphatic rings. The summed E-state index contributed by atoms with van der Waals surface area (Å²) < 4.78 is 16.8. The number of rotatable bonds is 4. The van der Waals surface area contributed by atoms with Crippen LogP contribution in [-0.2, 0) is 6.54 Å². The van der Waals surface area contributed by atoms with E-state index in [0.29, 0.717) is 16.2 Å². The summed E-state index contributed by atoms with van der Waals surface area (Å²) in [5.74, 6) is -0.761. The lowest BCUT2D eigenvalue weighted by atomic mass is 10.2. The zero-order valence-electron chi connectivity index (χ0n) is 13.5. The molecule has 0 unspecified atom stereocenters. The van der Waals surface area contributed by atoms with Crippen LogP contribution in [0.1, 0.15) is 16.1 Å². The van der Waals surface area contributed by atoms with Gasteiger partial charge in [0, 0.05) is 23.5 Å². The van der Waals surface area contributed by atoms with Crippen LogP contribution in [0.25, 0.3) is 5.65 Å². The third-order valence-corrected chi connectivity index (χ3v) is 4.39. The SMILES string of the molecule is O=C(Nc1ncn(Cc2ccc(F)cc2Cl)n1)c1cc2ncc(Br)cn2n1. The summed E-state index contributed by atoms with van der Waals surface area (Å²) in [7, 11) is 0. The van der Waals surface area contributed by atoms with Crippen molar-refractivity contribution >= 4 is 45.0 Å². The molecule has 4 aromatic rings. The van der Waals surface area contributed by atoms with E-state index in [-0.39, 0.29) is 18.2 Å². The fourth-order valence-corrected chi connectivity index (χ4v) is 2.91. The number of nitrogens with zero attached hydrogens (tertiary/aromatic N) is 6. The molecule has 0 fully saturated rings. The zero-order valence-corrected chi connectivity index (χ0v) is 15.8. The van der Waals surface area contributed by atoms with Gasteiger partial charge in [-0.15, -0.1) is 5.10 Å². The third-order valence-electron chi connectivity index (χ3n) is 3.62. The highest BCUT2D eigenvalue weighted by Crippen LogP contribution is 2.18. The average molecular weight is 451 g/mol. The first kappa shape index (κ1) is 17.6. The third kappa shape index (κ3) is 3.81. The van der Waals surface area contributed by atoms with Crippen LogP contribution in [0.5, 0.6) is 0 Å². The predicted molar refractivity (Wildman–Crippen MR) is 99.2 cm³/mol. The maximum absolute atomic E-state index is 13.1. The molecular formula is C16H10BrClFN7O. The van der Waals surface area contributed by atoms with Gasteiger partial charge in [0.1, 0.15) is 12.1 Å². The molecule has 27 heavy (non-hydrogen) atoms. The van der Waals surface area contributed by atoms with Gasteiger partial charge in [0.05, 0.1) is 11.0 Å². The van der Waals surface area contributed by atoms with Crippen LogP contribution >= 0.6 is 27.5 Å². The number of aromatic nitrogens is 6. The summed E-state index contributed by atoms with van der Waals surface area (Å²) in [5, 5.41) is 11.2. The normalized spacial score (nSPS) is 11.1.